The molecule has 42 heavy (non-hydrogen) atoms. The van der Waals surface area contributed by atoms with Crippen LogP contribution in [-0.4, -0.2) is 44.7 Å². The molecule has 0 aliphatic heterocycles. The normalized spacial score (nSPS) is 25.1. The Kier molecular flexibility index (Phi) is 7.92. The molecule has 3 saturated carbocycles. The SMILES string of the molecule is C[C@H](CC(=O)N[C@@H](c1cnn2cc([C@@H](NC(=O)[C@@H]3C[C@H]3C(F)(F)F)C3CCC(F)(F)CC3)nc2c1)C1CC1)C(F)(F)F. The fourth-order valence-electron chi connectivity index (χ4n) is 5.69. The number of hydrogen-bond donors (Lipinski definition) is 2. The van der Waals surface area contributed by atoms with Crippen LogP contribution in [-0.2, 0) is 9.59 Å². The number of aromatic nitrogens is 3. The summed E-state index contributed by atoms with van der Waals surface area (Å²) in [5.41, 5.74) is 1.03. The first kappa shape index (κ1) is 30.5. The molecular formula is C27H31F8N5O2. The van der Waals surface area contributed by atoms with Crippen molar-refractivity contribution < 1.29 is 44.7 Å². The number of carbonyl (C=O) groups is 2. The van der Waals surface area contributed by atoms with Crippen molar-refractivity contribution in [1.29, 1.82) is 0 Å². The lowest BCUT2D eigenvalue weighted by Crippen LogP contribution is -2.38. The van der Waals surface area contributed by atoms with Crippen molar-refractivity contribution in [2.24, 2.45) is 29.6 Å². The highest BCUT2D eigenvalue weighted by atomic mass is 19.4. The van der Waals surface area contributed by atoms with Crippen molar-refractivity contribution in [3.8, 4) is 0 Å². The second-order valence-electron chi connectivity index (χ2n) is 12.0. The average molecular weight is 610 g/mol. The van der Waals surface area contributed by atoms with Crippen LogP contribution < -0.4 is 10.6 Å². The van der Waals surface area contributed by atoms with E-state index < -0.39 is 85.1 Å². The van der Waals surface area contributed by atoms with Crippen molar-refractivity contribution >= 4 is 17.5 Å². The summed E-state index contributed by atoms with van der Waals surface area (Å²) in [5, 5.41) is 9.62. The topological polar surface area (TPSA) is 88.4 Å². The van der Waals surface area contributed by atoms with Gasteiger partial charge in [-0.05, 0) is 55.6 Å². The van der Waals surface area contributed by atoms with Gasteiger partial charge in [-0.2, -0.15) is 31.4 Å². The summed E-state index contributed by atoms with van der Waals surface area (Å²) < 4.78 is 107. The summed E-state index contributed by atoms with van der Waals surface area (Å²) in [6, 6.07) is 0.0818. The second-order valence-corrected chi connectivity index (χ2v) is 12.0. The Morgan fingerprint density at radius 1 is 1.02 bits per heavy atom. The Labute approximate surface area is 235 Å². The highest BCUT2D eigenvalue weighted by Gasteiger charge is 2.59. The van der Waals surface area contributed by atoms with Gasteiger partial charge in [-0.15, -0.1) is 0 Å². The fraction of sp³-hybridized carbons (Fsp3) is 0.704. The lowest BCUT2D eigenvalue weighted by atomic mass is 9.81. The highest BCUT2D eigenvalue weighted by Crippen LogP contribution is 2.51. The number of carbonyl (C=O) groups excluding carboxylic acids is 2. The molecule has 5 atom stereocenters. The molecule has 0 bridgehead atoms. The maximum absolute atomic E-state index is 13.9. The number of alkyl halides is 8. The van der Waals surface area contributed by atoms with Crippen LogP contribution in [0.4, 0.5) is 35.1 Å². The minimum atomic E-state index is -4.51. The summed E-state index contributed by atoms with van der Waals surface area (Å²) in [5.74, 6) is -9.72. The van der Waals surface area contributed by atoms with Crippen LogP contribution in [0, 0.1) is 29.6 Å². The minimum Gasteiger partial charge on any atom is -0.349 e. The third-order valence-electron chi connectivity index (χ3n) is 8.58. The third kappa shape index (κ3) is 6.96. The molecule has 232 valence electrons. The molecule has 2 amide bonds. The summed E-state index contributed by atoms with van der Waals surface area (Å²) in [7, 11) is 0. The van der Waals surface area contributed by atoms with E-state index in [9.17, 15) is 44.7 Å². The summed E-state index contributed by atoms with van der Waals surface area (Å²) in [4.78, 5) is 29.7. The Hall–Kier alpha value is -3.00. The zero-order valence-electron chi connectivity index (χ0n) is 22.6. The average Bonchev–Trinajstić information content (AvgIpc) is 3.80. The number of nitrogens with zero attached hydrogens (tertiary/aromatic N) is 3. The molecule has 3 aliphatic carbocycles. The molecule has 15 heteroatoms. The van der Waals surface area contributed by atoms with E-state index in [1.807, 2.05) is 0 Å². The predicted octanol–water partition coefficient (Wildman–Crippen LogP) is 6.07. The Morgan fingerprint density at radius 3 is 2.24 bits per heavy atom. The van der Waals surface area contributed by atoms with E-state index in [0.717, 1.165) is 19.8 Å². The molecule has 7 nitrogen and oxygen atoms in total. The summed E-state index contributed by atoms with van der Waals surface area (Å²) in [6.07, 6.45) is -6.44. The van der Waals surface area contributed by atoms with E-state index in [1.54, 1.807) is 6.07 Å². The van der Waals surface area contributed by atoms with Crippen molar-refractivity contribution in [2.45, 2.75) is 88.6 Å². The molecule has 0 spiro atoms. The number of nitrogens with one attached hydrogen (secondary N) is 2. The molecule has 2 aromatic rings. The van der Waals surface area contributed by atoms with Gasteiger partial charge in [0, 0.05) is 19.3 Å². The highest BCUT2D eigenvalue weighted by molar-refractivity contribution is 5.82. The lowest BCUT2D eigenvalue weighted by molar-refractivity contribution is -0.174. The fourth-order valence-corrected chi connectivity index (χ4v) is 5.69. The van der Waals surface area contributed by atoms with E-state index in [-0.39, 0.29) is 36.5 Å². The first-order chi connectivity index (χ1) is 19.5. The van der Waals surface area contributed by atoms with E-state index in [1.165, 1.54) is 16.9 Å². The van der Waals surface area contributed by atoms with Crippen LogP contribution >= 0.6 is 0 Å². The zero-order valence-corrected chi connectivity index (χ0v) is 22.6. The van der Waals surface area contributed by atoms with E-state index in [4.69, 9.17) is 0 Å². The molecule has 2 aromatic heterocycles. The monoisotopic (exact) mass is 609 g/mol. The van der Waals surface area contributed by atoms with Crippen molar-refractivity contribution in [3.63, 3.8) is 0 Å². The molecule has 3 fully saturated rings. The van der Waals surface area contributed by atoms with Crippen LogP contribution in [0.25, 0.3) is 5.65 Å². The molecule has 2 heterocycles. The van der Waals surface area contributed by atoms with Crippen molar-refractivity contribution in [3.05, 3.63) is 29.7 Å². The van der Waals surface area contributed by atoms with Gasteiger partial charge in [0.05, 0.1) is 47.9 Å². The number of rotatable bonds is 9. The van der Waals surface area contributed by atoms with Gasteiger partial charge in [0.1, 0.15) is 0 Å². The van der Waals surface area contributed by atoms with Gasteiger partial charge in [0.25, 0.3) is 0 Å². The first-order valence-electron chi connectivity index (χ1n) is 14.0. The Bertz CT molecular complexity index is 1310. The summed E-state index contributed by atoms with van der Waals surface area (Å²) in [6.45, 7) is 0.931. The van der Waals surface area contributed by atoms with Crippen LogP contribution in [0.15, 0.2) is 18.5 Å². The third-order valence-corrected chi connectivity index (χ3v) is 8.58. The zero-order chi connectivity index (χ0) is 30.6. The maximum Gasteiger partial charge on any atom is 0.392 e. The van der Waals surface area contributed by atoms with Crippen LogP contribution in [0.5, 0.6) is 0 Å². The van der Waals surface area contributed by atoms with Gasteiger partial charge in [-0.1, -0.05) is 6.92 Å². The first-order valence-corrected chi connectivity index (χ1v) is 14.0. The van der Waals surface area contributed by atoms with Crippen molar-refractivity contribution in [1.82, 2.24) is 25.2 Å². The maximum atomic E-state index is 13.9. The van der Waals surface area contributed by atoms with E-state index in [2.05, 4.69) is 20.7 Å². The lowest BCUT2D eigenvalue weighted by Gasteiger charge is -2.33. The molecule has 5 rings (SSSR count). The number of amides is 2. The Morgan fingerprint density at radius 2 is 1.67 bits per heavy atom. The van der Waals surface area contributed by atoms with Gasteiger partial charge < -0.3 is 10.6 Å². The van der Waals surface area contributed by atoms with E-state index >= 15 is 0 Å². The van der Waals surface area contributed by atoms with E-state index in [0.29, 0.717) is 5.56 Å². The van der Waals surface area contributed by atoms with Gasteiger partial charge in [0.15, 0.2) is 5.65 Å². The van der Waals surface area contributed by atoms with Crippen LogP contribution in [0.1, 0.15) is 81.6 Å². The van der Waals surface area contributed by atoms with Crippen LogP contribution in [0.3, 0.4) is 0 Å². The molecule has 0 radical (unpaired) electrons. The quantitative estimate of drug-likeness (QED) is 0.338. The standard InChI is InChI=1S/C27H31F8N5O2/c1-13(26(30,31)32)8-21(41)38-22(14-2-3-14)16-9-20-37-19(12-40(20)36-11-16)23(15-4-6-25(28,29)7-5-15)39-24(42)17-10-18(17)27(33,34)35/h9,11-15,17-18,22-23H,2-8,10H2,1H3,(H,38,41)(H,39,42)/t13-,17-,18-,22-,23+/m1/s1. The van der Waals surface area contributed by atoms with Crippen LogP contribution in [0.2, 0.25) is 0 Å². The molecule has 2 N–H and O–H groups in total. The minimum absolute atomic E-state index is 0.00453. The Balaban J connectivity index is 1.36. The molecule has 0 aromatic carbocycles. The number of hydrogen-bond acceptors (Lipinski definition) is 4. The van der Waals surface area contributed by atoms with Crippen molar-refractivity contribution in [2.75, 3.05) is 0 Å². The summed E-state index contributed by atoms with van der Waals surface area (Å²) >= 11 is 0. The molecule has 3 aliphatic rings. The predicted molar refractivity (Wildman–Crippen MR) is 132 cm³/mol. The van der Waals surface area contributed by atoms with Gasteiger partial charge in [-0.3, -0.25) is 9.59 Å². The van der Waals surface area contributed by atoms with Gasteiger partial charge >= 0.3 is 12.4 Å². The largest absolute Gasteiger partial charge is 0.392 e. The molecule has 0 saturated heterocycles. The van der Waals surface area contributed by atoms with Gasteiger partial charge in [-0.25, -0.2) is 18.3 Å². The van der Waals surface area contributed by atoms with Gasteiger partial charge in [0.2, 0.25) is 17.7 Å². The molecule has 0 unspecified atom stereocenters. The second kappa shape index (κ2) is 10.9. The smallest absolute Gasteiger partial charge is 0.349 e. The number of halogens is 8. The number of imidazole rings is 1. The number of fused-ring (bicyclic) bond motifs is 1. The molecular weight excluding hydrogens is 578 g/mol.